The normalized spacial score (nSPS) is 19.5. The first-order chi connectivity index (χ1) is 8.78. The molecule has 0 radical (unpaired) electrons. The molecule has 4 nitrogen and oxygen atoms in total. The Morgan fingerprint density at radius 1 is 1.61 bits per heavy atom. The first-order valence-corrected chi connectivity index (χ1v) is 7.25. The molecule has 5 heteroatoms. The molecule has 2 N–H and O–H groups in total. The van der Waals surface area contributed by atoms with Crippen molar-refractivity contribution in [3.05, 3.63) is 24.3 Å². The average molecular weight is 266 g/mol. The number of ether oxygens (including phenoxy) is 1. The molecule has 0 aliphatic carbocycles. The number of hydrogen-bond acceptors (Lipinski definition) is 4. The third-order valence-corrected chi connectivity index (χ3v) is 3.51. The molecule has 0 saturated carbocycles. The Kier molecular flexibility index (Phi) is 5.04. The number of nitrogens with one attached hydrogen (secondary N) is 2. The zero-order chi connectivity index (χ0) is 12.8. The SMILES string of the molecule is CSc1cccc(NC(=O)CC2COCCN2)c1. The number of hydrogen-bond donors (Lipinski definition) is 2. The maximum Gasteiger partial charge on any atom is 0.226 e. The van der Waals surface area contributed by atoms with Crippen LogP contribution in [0.3, 0.4) is 0 Å². The quantitative estimate of drug-likeness (QED) is 0.815. The highest BCUT2D eigenvalue weighted by Gasteiger charge is 2.16. The second-order valence-corrected chi connectivity index (χ2v) is 5.09. The van der Waals surface area contributed by atoms with E-state index in [1.807, 2.05) is 30.5 Å². The Bertz CT molecular complexity index is 406. The first-order valence-electron chi connectivity index (χ1n) is 6.03. The molecule has 1 aromatic carbocycles. The predicted octanol–water partition coefficient (Wildman–Crippen LogP) is 1.73. The van der Waals surface area contributed by atoms with Gasteiger partial charge in [-0.05, 0) is 24.5 Å². The molecule has 1 aliphatic heterocycles. The van der Waals surface area contributed by atoms with Crippen molar-refractivity contribution in [1.29, 1.82) is 0 Å². The molecule has 1 saturated heterocycles. The summed E-state index contributed by atoms with van der Waals surface area (Å²) in [5.74, 6) is 0.0243. The van der Waals surface area contributed by atoms with Crippen LogP contribution >= 0.6 is 11.8 Å². The van der Waals surface area contributed by atoms with Gasteiger partial charge < -0.3 is 15.4 Å². The van der Waals surface area contributed by atoms with E-state index in [1.54, 1.807) is 11.8 Å². The summed E-state index contributed by atoms with van der Waals surface area (Å²) in [4.78, 5) is 13.0. The first kappa shape index (κ1) is 13.4. The van der Waals surface area contributed by atoms with Crippen LogP contribution in [0.15, 0.2) is 29.2 Å². The Labute approximate surface area is 111 Å². The van der Waals surface area contributed by atoms with Gasteiger partial charge in [0.2, 0.25) is 5.91 Å². The monoisotopic (exact) mass is 266 g/mol. The van der Waals surface area contributed by atoms with E-state index in [4.69, 9.17) is 4.74 Å². The second-order valence-electron chi connectivity index (χ2n) is 4.21. The van der Waals surface area contributed by atoms with E-state index in [1.165, 1.54) is 0 Å². The summed E-state index contributed by atoms with van der Waals surface area (Å²) in [6.07, 6.45) is 2.47. The van der Waals surface area contributed by atoms with E-state index < -0.39 is 0 Å². The van der Waals surface area contributed by atoms with E-state index in [9.17, 15) is 4.79 Å². The van der Waals surface area contributed by atoms with Crippen LogP contribution in [0, 0.1) is 0 Å². The van der Waals surface area contributed by atoms with Crippen molar-refractivity contribution < 1.29 is 9.53 Å². The van der Waals surface area contributed by atoms with Crippen molar-refractivity contribution in [2.24, 2.45) is 0 Å². The van der Waals surface area contributed by atoms with Gasteiger partial charge in [-0.15, -0.1) is 11.8 Å². The molecule has 1 unspecified atom stereocenters. The van der Waals surface area contributed by atoms with Crippen molar-refractivity contribution in [2.75, 3.05) is 31.3 Å². The Balaban J connectivity index is 1.85. The summed E-state index contributed by atoms with van der Waals surface area (Å²) < 4.78 is 5.32. The summed E-state index contributed by atoms with van der Waals surface area (Å²) in [5, 5.41) is 6.18. The van der Waals surface area contributed by atoms with Crippen LogP contribution in [0.4, 0.5) is 5.69 Å². The number of morpholine rings is 1. The molecule has 0 bridgehead atoms. The van der Waals surface area contributed by atoms with Gasteiger partial charge in [0, 0.05) is 29.6 Å². The minimum absolute atomic E-state index is 0.0243. The molecule has 2 rings (SSSR count). The summed E-state index contributed by atoms with van der Waals surface area (Å²) >= 11 is 1.66. The fraction of sp³-hybridized carbons (Fsp3) is 0.462. The lowest BCUT2D eigenvalue weighted by atomic mass is 10.2. The molecule has 1 heterocycles. The molecule has 1 fully saturated rings. The number of benzene rings is 1. The van der Waals surface area contributed by atoms with Crippen LogP contribution < -0.4 is 10.6 Å². The molecule has 18 heavy (non-hydrogen) atoms. The molecule has 98 valence electrons. The molecule has 1 atom stereocenters. The van der Waals surface area contributed by atoms with Gasteiger partial charge in [0.1, 0.15) is 0 Å². The van der Waals surface area contributed by atoms with Crippen molar-refractivity contribution in [2.45, 2.75) is 17.4 Å². The highest BCUT2D eigenvalue weighted by atomic mass is 32.2. The van der Waals surface area contributed by atoms with Crippen LogP contribution in [0.5, 0.6) is 0 Å². The van der Waals surface area contributed by atoms with Gasteiger partial charge in [0.25, 0.3) is 0 Å². The molecular weight excluding hydrogens is 248 g/mol. The number of carbonyl (C=O) groups is 1. The second kappa shape index (κ2) is 6.78. The van der Waals surface area contributed by atoms with Crippen molar-refractivity contribution in [3.8, 4) is 0 Å². The Hall–Kier alpha value is -1.04. The third kappa shape index (κ3) is 4.01. The lowest BCUT2D eigenvalue weighted by Crippen LogP contribution is -2.43. The molecule has 0 aromatic heterocycles. The van der Waals surface area contributed by atoms with Gasteiger partial charge >= 0.3 is 0 Å². The topological polar surface area (TPSA) is 50.4 Å². The van der Waals surface area contributed by atoms with E-state index in [0.29, 0.717) is 13.0 Å². The minimum atomic E-state index is 0.0243. The maximum absolute atomic E-state index is 11.9. The highest BCUT2D eigenvalue weighted by molar-refractivity contribution is 7.98. The molecule has 1 aliphatic rings. The maximum atomic E-state index is 11.9. The van der Waals surface area contributed by atoms with Crippen LogP contribution in [-0.2, 0) is 9.53 Å². The Morgan fingerprint density at radius 3 is 3.22 bits per heavy atom. The van der Waals surface area contributed by atoms with Crippen LogP contribution in [0.1, 0.15) is 6.42 Å². The van der Waals surface area contributed by atoms with Crippen LogP contribution in [0.2, 0.25) is 0 Å². The van der Waals surface area contributed by atoms with Gasteiger partial charge in [-0.1, -0.05) is 6.07 Å². The van der Waals surface area contributed by atoms with Gasteiger partial charge in [0.15, 0.2) is 0 Å². The number of thioether (sulfide) groups is 1. The number of anilines is 1. The number of rotatable bonds is 4. The van der Waals surface area contributed by atoms with Gasteiger partial charge in [-0.25, -0.2) is 0 Å². The lowest BCUT2D eigenvalue weighted by Gasteiger charge is -2.23. The Morgan fingerprint density at radius 2 is 2.50 bits per heavy atom. The van der Waals surface area contributed by atoms with E-state index in [0.717, 1.165) is 23.7 Å². The van der Waals surface area contributed by atoms with Crippen molar-refractivity contribution in [3.63, 3.8) is 0 Å². The zero-order valence-electron chi connectivity index (χ0n) is 10.4. The standard InChI is InChI=1S/C13H18N2O2S/c1-18-12-4-2-3-10(7-12)15-13(16)8-11-9-17-6-5-14-11/h2-4,7,11,14H,5-6,8-9H2,1H3,(H,15,16). The average Bonchev–Trinajstić information content (AvgIpc) is 2.40. The van der Waals surface area contributed by atoms with E-state index >= 15 is 0 Å². The van der Waals surface area contributed by atoms with Crippen LogP contribution in [0.25, 0.3) is 0 Å². The molecular formula is C13H18N2O2S. The summed E-state index contributed by atoms with van der Waals surface area (Å²) in [6, 6.07) is 7.98. The third-order valence-electron chi connectivity index (χ3n) is 2.78. The fourth-order valence-electron chi connectivity index (χ4n) is 1.89. The molecule has 1 aromatic rings. The van der Waals surface area contributed by atoms with Gasteiger partial charge in [-0.3, -0.25) is 4.79 Å². The fourth-order valence-corrected chi connectivity index (χ4v) is 2.35. The number of amides is 1. The van der Waals surface area contributed by atoms with Crippen LogP contribution in [-0.4, -0.2) is 38.0 Å². The molecule has 1 amide bonds. The zero-order valence-corrected chi connectivity index (χ0v) is 11.3. The van der Waals surface area contributed by atoms with E-state index in [2.05, 4.69) is 10.6 Å². The van der Waals surface area contributed by atoms with Gasteiger partial charge in [-0.2, -0.15) is 0 Å². The van der Waals surface area contributed by atoms with Crippen molar-refractivity contribution >= 4 is 23.4 Å². The smallest absolute Gasteiger partial charge is 0.226 e. The largest absolute Gasteiger partial charge is 0.378 e. The van der Waals surface area contributed by atoms with E-state index in [-0.39, 0.29) is 11.9 Å². The summed E-state index contributed by atoms with van der Waals surface area (Å²) in [6.45, 7) is 2.16. The van der Waals surface area contributed by atoms with Gasteiger partial charge in [0.05, 0.1) is 13.2 Å². The molecule has 0 spiro atoms. The number of carbonyl (C=O) groups excluding carboxylic acids is 1. The lowest BCUT2D eigenvalue weighted by molar-refractivity contribution is -0.117. The predicted molar refractivity (Wildman–Crippen MR) is 74.1 cm³/mol. The van der Waals surface area contributed by atoms with Crippen molar-refractivity contribution in [1.82, 2.24) is 5.32 Å². The minimum Gasteiger partial charge on any atom is -0.378 e. The summed E-state index contributed by atoms with van der Waals surface area (Å²) in [5.41, 5.74) is 0.851. The highest BCUT2D eigenvalue weighted by Crippen LogP contribution is 2.19. The summed E-state index contributed by atoms with van der Waals surface area (Å²) in [7, 11) is 0.